The first-order chi connectivity index (χ1) is 13.9. The molecule has 2 aromatic rings. The van der Waals surface area contributed by atoms with Crippen LogP contribution in [0, 0.1) is 0 Å². The highest BCUT2D eigenvalue weighted by molar-refractivity contribution is 6.31. The standard InChI is InChI=1S/C24H29ClO4/c1-24(2)7-8-28-22-6-3-15(10-20(22)24)9-17-11-16(4-5-21(17)25)23-13-18(27)12-19(14-26)29-23/h3-6,10-11,18-19,23,26-27H,7-9,12-14H2,1-2H3. The number of hydrogen-bond donors (Lipinski definition) is 2. The lowest BCUT2D eigenvalue weighted by atomic mass is 9.79. The van der Waals surface area contributed by atoms with Crippen molar-refractivity contribution in [1.29, 1.82) is 0 Å². The summed E-state index contributed by atoms with van der Waals surface area (Å²) >= 11 is 6.51. The van der Waals surface area contributed by atoms with Crippen LogP contribution < -0.4 is 4.74 Å². The minimum absolute atomic E-state index is 0.0824. The second-order valence-corrected chi connectivity index (χ2v) is 9.30. The molecule has 0 spiro atoms. The lowest BCUT2D eigenvalue weighted by molar-refractivity contribution is -0.113. The zero-order valence-corrected chi connectivity index (χ0v) is 17.8. The largest absolute Gasteiger partial charge is 0.493 e. The first-order valence-electron chi connectivity index (χ1n) is 10.3. The number of benzene rings is 2. The number of hydrogen-bond acceptors (Lipinski definition) is 4. The van der Waals surface area contributed by atoms with Crippen molar-refractivity contribution >= 4 is 11.6 Å². The van der Waals surface area contributed by atoms with E-state index in [0.717, 1.165) is 34.9 Å². The van der Waals surface area contributed by atoms with Crippen molar-refractivity contribution in [2.75, 3.05) is 13.2 Å². The summed E-state index contributed by atoms with van der Waals surface area (Å²) in [6, 6.07) is 12.3. The number of aliphatic hydroxyl groups excluding tert-OH is 2. The van der Waals surface area contributed by atoms with Crippen molar-refractivity contribution in [1.82, 2.24) is 0 Å². The molecule has 5 heteroatoms. The van der Waals surface area contributed by atoms with Gasteiger partial charge in [0.2, 0.25) is 0 Å². The Kier molecular flexibility index (Phi) is 5.90. The molecule has 4 nitrogen and oxygen atoms in total. The zero-order chi connectivity index (χ0) is 20.6. The molecule has 0 aliphatic carbocycles. The Morgan fingerprint density at radius 3 is 2.76 bits per heavy atom. The van der Waals surface area contributed by atoms with Crippen LogP contribution in [0.15, 0.2) is 36.4 Å². The van der Waals surface area contributed by atoms with Gasteiger partial charge in [0.15, 0.2) is 0 Å². The van der Waals surface area contributed by atoms with Crippen molar-refractivity contribution in [3.05, 3.63) is 63.7 Å². The molecular weight excluding hydrogens is 388 g/mol. The summed E-state index contributed by atoms with van der Waals surface area (Å²) in [6.45, 7) is 5.19. The van der Waals surface area contributed by atoms with Gasteiger partial charge in [0.1, 0.15) is 5.75 Å². The Balaban J connectivity index is 1.59. The van der Waals surface area contributed by atoms with E-state index < -0.39 is 6.10 Å². The van der Waals surface area contributed by atoms with Crippen LogP contribution in [-0.2, 0) is 16.6 Å². The van der Waals surface area contributed by atoms with E-state index in [2.05, 4.69) is 38.1 Å². The molecule has 1 fully saturated rings. The average molecular weight is 417 g/mol. The van der Waals surface area contributed by atoms with Crippen LogP contribution >= 0.6 is 11.6 Å². The minimum Gasteiger partial charge on any atom is -0.493 e. The molecule has 0 radical (unpaired) electrons. The number of halogens is 1. The molecule has 0 bridgehead atoms. The highest BCUT2D eigenvalue weighted by atomic mass is 35.5. The van der Waals surface area contributed by atoms with Gasteiger partial charge in [-0.25, -0.2) is 0 Å². The van der Waals surface area contributed by atoms with Crippen LogP contribution in [0.4, 0.5) is 0 Å². The van der Waals surface area contributed by atoms with Gasteiger partial charge in [0, 0.05) is 23.4 Å². The summed E-state index contributed by atoms with van der Waals surface area (Å²) in [7, 11) is 0. The van der Waals surface area contributed by atoms with Gasteiger partial charge in [-0.15, -0.1) is 0 Å². The average Bonchev–Trinajstić information content (AvgIpc) is 2.69. The van der Waals surface area contributed by atoms with E-state index in [1.165, 1.54) is 11.1 Å². The van der Waals surface area contributed by atoms with E-state index in [9.17, 15) is 10.2 Å². The second-order valence-electron chi connectivity index (χ2n) is 8.90. The van der Waals surface area contributed by atoms with Gasteiger partial charge < -0.3 is 19.7 Å². The summed E-state index contributed by atoms with van der Waals surface area (Å²) in [5.41, 5.74) is 4.56. The maximum absolute atomic E-state index is 10.1. The first kappa shape index (κ1) is 20.7. The second kappa shape index (κ2) is 8.27. The van der Waals surface area contributed by atoms with Gasteiger partial charge in [0.05, 0.1) is 31.5 Å². The fourth-order valence-electron chi connectivity index (χ4n) is 4.37. The highest BCUT2D eigenvalue weighted by Gasteiger charge is 2.30. The number of ether oxygens (including phenoxy) is 2. The molecule has 1 saturated heterocycles. The third kappa shape index (κ3) is 4.46. The van der Waals surface area contributed by atoms with Gasteiger partial charge in [-0.05, 0) is 47.1 Å². The predicted molar refractivity (Wildman–Crippen MR) is 114 cm³/mol. The van der Waals surface area contributed by atoms with E-state index >= 15 is 0 Å². The van der Waals surface area contributed by atoms with Crippen LogP contribution in [0.5, 0.6) is 5.75 Å². The molecule has 2 aromatic carbocycles. The Hall–Kier alpha value is -1.59. The molecule has 4 rings (SSSR count). The quantitative estimate of drug-likeness (QED) is 0.766. The third-order valence-corrected chi connectivity index (χ3v) is 6.54. The lowest BCUT2D eigenvalue weighted by Crippen LogP contribution is -2.33. The fourth-order valence-corrected chi connectivity index (χ4v) is 4.55. The Bertz CT molecular complexity index is 879. The van der Waals surface area contributed by atoms with Crippen molar-refractivity contribution in [3.8, 4) is 5.75 Å². The fraction of sp³-hybridized carbons (Fsp3) is 0.500. The van der Waals surface area contributed by atoms with Crippen molar-refractivity contribution < 1.29 is 19.7 Å². The first-order valence-corrected chi connectivity index (χ1v) is 10.7. The van der Waals surface area contributed by atoms with Crippen molar-refractivity contribution in [3.63, 3.8) is 0 Å². The molecule has 0 amide bonds. The monoisotopic (exact) mass is 416 g/mol. The number of rotatable bonds is 4. The van der Waals surface area contributed by atoms with Crippen molar-refractivity contribution in [2.24, 2.45) is 0 Å². The third-order valence-electron chi connectivity index (χ3n) is 6.18. The Morgan fingerprint density at radius 1 is 1.14 bits per heavy atom. The Labute approximate surface area is 177 Å². The molecule has 0 aromatic heterocycles. The van der Waals surface area contributed by atoms with E-state index in [1.807, 2.05) is 12.1 Å². The zero-order valence-electron chi connectivity index (χ0n) is 17.0. The molecule has 29 heavy (non-hydrogen) atoms. The summed E-state index contributed by atoms with van der Waals surface area (Å²) < 4.78 is 11.8. The summed E-state index contributed by atoms with van der Waals surface area (Å²) in [5.74, 6) is 0.976. The van der Waals surface area contributed by atoms with Crippen LogP contribution in [0.25, 0.3) is 0 Å². The van der Waals surface area contributed by atoms with Gasteiger partial charge in [-0.2, -0.15) is 0 Å². The van der Waals surface area contributed by atoms with Crippen molar-refractivity contribution in [2.45, 2.75) is 63.3 Å². The topological polar surface area (TPSA) is 58.9 Å². The van der Waals surface area contributed by atoms with Crippen LogP contribution in [0.2, 0.25) is 5.02 Å². The van der Waals surface area contributed by atoms with E-state index in [0.29, 0.717) is 19.3 Å². The summed E-state index contributed by atoms with van der Waals surface area (Å²) in [5, 5.41) is 20.3. The van der Waals surface area contributed by atoms with Gasteiger partial charge >= 0.3 is 0 Å². The summed E-state index contributed by atoms with van der Waals surface area (Å²) in [6.07, 6.45) is 1.70. The summed E-state index contributed by atoms with van der Waals surface area (Å²) in [4.78, 5) is 0. The normalized spacial score (nSPS) is 25.9. The maximum atomic E-state index is 10.1. The minimum atomic E-state index is -0.465. The molecule has 2 heterocycles. The van der Waals surface area contributed by atoms with Gasteiger partial charge in [0.25, 0.3) is 0 Å². The smallest absolute Gasteiger partial charge is 0.123 e. The molecular formula is C24H29ClO4. The SMILES string of the molecule is CC1(C)CCOc2ccc(Cc3cc(C4CC(O)CC(CO)O4)ccc3Cl)cc21. The maximum Gasteiger partial charge on any atom is 0.123 e. The van der Waals surface area contributed by atoms with E-state index in [4.69, 9.17) is 21.1 Å². The molecule has 156 valence electrons. The predicted octanol–water partition coefficient (Wildman–Crippen LogP) is 4.56. The van der Waals surface area contributed by atoms with Crippen LogP contribution in [0.1, 0.15) is 61.5 Å². The molecule has 2 aliphatic rings. The van der Waals surface area contributed by atoms with Crippen LogP contribution in [0.3, 0.4) is 0 Å². The molecule has 0 saturated carbocycles. The molecule has 3 unspecified atom stereocenters. The highest BCUT2D eigenvalue weighted by Crippen LogP contribution is 2.39. The van der Waals surface area contributed by atoms with Gasteiger partial charge in [-0.3, -0.25) is 0 Å². The Morgan fingerprint density at radius 2 is 1.97 bits per heavy atom. The molecule has 3 atom stereocenters. The van der Waals surface area contributed by atoms with E-state index in [-0.39, 0.29) is 24.2 Å². The van der Waals surface area contributed by atoms with Gasteiger partial charge in [-0.1, -0.05) is 49.7 Å². The van der Waals surface area contributed by atoms with E-state index in [1.54, 1.807) is 0 Å². The molecule has 2 aliphatic heterocycles. The molecule has 2 N–H and O–H groups in total. The number of fused-ring (bicyclic) bond motifs is 1. The lowest BCUT2D eigenvalue weighted by Gasteiger charge is -2.33. The number of aliphatic hydroxyl groups is 2. The van der Waals surface area contributed by atoms with Crippen LogP contribution in [-0.4, -0.2) is 35.6 Å².